The zero-order valence-corrected chi connectivity index (χ0v) is 12.7. The second-order valence-electron chi connectivity index (χ2n) is 4.61. The second kappa shape index (κ2) is 6.04. The zero-order chi connectivity index (χ0) is 15.5. The average molecular weight is 310 g/mol. The molecule has 0 atom stereocenters. The van der Waals surface area contributed by atoms with Crippen LogP contribution in [0.5, 0.6) is 5.75 Å². The number of nitrogens with one attached hydrogen (secondary N) is 1. The summed E-state index contributed by atoms with van der Waals surface area (Å²) in [6.45, 7) is 1.75. The van der Waals surface area contributed by atoms with Crippen LogP contribution in [-0.2, 0) is 17.1 Å². The van der Waals surface area contributed by atoms with E-state index < -0.39 is 10.0 Å². The van der Waals surface area contributed by atoms with Crippen LogP contribution in [0.15, 0.2) is 30.5 Å². The summed E-state index contributed by atoms with van der Waals surface area (Å²) in [5.74, 6) is 0.306. The molecule has 1 aromatic heterocycles. The molecule has 0 saturated carbocycles. The van der Waals surface area contributed by atoms with Gasteiger partial charge in [0.25, 0.3) is 0 Å². The first-order chi connectivity index (χ1) is 9.87. The highest BCUT2D eigenvalue weighted by Gasteiger charge is 2.14. The van der Waals surface area contributed by atoms with Crippen molar-refractivity contribution < 1.29 is 13.2 Å². The zero-order valence-electron chi connectivity index (χ0n) is 11.9. The van der Waals surface area contributed by atoms with Crippen LogP contribution < -0.4 is 15.2 Å². The van der Waals surface area contributed by atoms with Crippen LogP contribution in [0.4, 0.5) is 11.4 Å². The molecule has 8 heteroatoms. The fourth-order valence-electron chi connectivity index (χ4n) is 1.79. The Morgan fingerprint density at radius 1 is 1.38 bits per heavy atom. The lowest BCUT2D eigenvalue weighted by molar-refractivity contribution is 0.343. The summed E-state index contributed by atoms with van der Waals surface area (Å²) in [7, 11) is -1.77. The Bertz CT molecular complexity index is 725. The predicted octanol–water partition coefficient (Wildman–Crippen LogP) is 1.13. The van der Waals surface area contributed by atoms with Crippen molar-refractivity contribution in [3.8, 4) is 5.75 Å². The minimum atomic E-state index is -3.50. The van der Waals surface area contributed by atoms with E-state index in [-0.39, 0.29) is 12.4 Å². The van der Waals surface area contributed by atoms with Gasteiger partial charge in [-0.3, -0.25) is 9.40 Å². The molecule has 21 heavy (non-hydrogen) atoms. The van der Waals surface area contributed by atoms with Crippen LogP contribution in [0.2, 0.25) is 0 Å². The van der Waals surface area contributed by atoms with Crippen molar-refractivity contribution in [3.05, 3.63) is 36.2 Å². The van der Waals surface area contributed by atoms with Crippen molar-refractivity contribution in [2.45, 2.75) is 6.92 Å². The van der Waals surface area contributed by atoms with Crippen LogP contribution in [0.3, 0.4) is 0 Å². The van der Waals surface area contributed by atoms with Crippen LogP contribution in [0, 0.1) is 6.92 Å². The fraction of sp³-hybridized carbons (Fsp3) is 0.308. The smallest absolute Gasteiger partial charge is 0.236 e. The molecule has 0 saturated heterocycles. The van der Waals surface area contributed by atoms with Gasteiger partial charge in [0.1, 0.15) is 18.1 Å². The molecular weight excluding hydrogens is 292 g/mol. The number of benzene rings is 1. The third-order valence-electron chi connectivity index (χ3n) is 2.81. The van der Waals surface area contributed by atoms with Crippen LogP contribution in [-0.4, -0.2) is 30.6 Å². The largest absolute Gasteiger partial charge is 0.490 e. The molecule has 0 aliphatic heterocycles. The molecule has 2 rings (SSSR count). The standard InChI is InChI=1S/C13H18N4O3S/c1-10-12(9-17(2)15-10)16-21(18,19)8-7-20-13-6-4-3-5-11(13)14/h3-6,9,16H,7-8,14H2,1-2H3. The van der Waals surface area contributed by atoms with Crippen molar-refractivity contribution in [2.24, 2.45) is 7.05 Å². The first-order valence-corrected chi connectivity index (χ1v) is 8.00. The summed E-state index contributed by atoms with van der Waals surface area (Å²) in [6.07, 6.45) is 1.61. The van der Waals surface area contributed by atoms with Gasteiger partial charge in [-0.25, -0.2) is 8.42 Å². The van der Waals surface area contributed by atoms with Crippen LogP contribution >= 0.6 is 0 Å². The molecule has 114 valence electrons. The maximum absolute atomic E-state index is 12.0. The monoisotopic (exact) mass is 310 g/mol. The lowest BCUT2D eigenvalue weighted by Crippen LogP contribution is -2.21. The summed E-state index contributed by atoms with van der Waals surface area (Å²) < 4.78 is 33.4. The van der Waals surface area contributed by atoms with E-state index >= 15 is 0 Å². The highest BCUT2D eigenvalue weighted by Crippen LogP contribution is 2.19. The fourth-order valence-corrected chi connectivity index (χ4v) is 2.73. The maximum Gasteiger partial charge on any atom is 0.236 e. The number of ether oxygens (including phenoxy) is 1. The number of anilines is 2. The molecule has 0 aliphatic carbocycles. The normalized spacial score (nSPS) is 11.3. The minimum Gasteiger partial charge on any atom is -0.490 e. The topological polar surface area (TPSA) is 99.2 Å². The molecule has 1 aromatic carbocycles. The Hall–Kier alpha value is -2.22. The summed E-state index contributed by atoms with van der Waals surface area (Å²) in [5, 5.41) is 4.08. The van der Waals surface area contributed by atoms with Crippen molar-refractivity contribution >= 4 is 21.4 Å². The van der Waals surface area contributed by atoms with Gasteiger partial charge in [-0.05, 0) is 19.1 Å². The van der Waals surface area contributed by atoms with E-state index in [1.165, 1.54) is 0 Å². The van der Waals surface area contributed by atoms with Crippen molar-refractivity contribution in [2.75, 3.05) is 22.8 Å². The number of nitrogen functional groups attached to an aromatic ring is 1. The Morgan fingerprint density at radius 3 is 2.71 bits per heavy atom. The maximum atomic E-state index is 12.0. The molecule has 1 heterocycles. The van der Waals surface area contributed by atoms with E-state index in [9.17, 15) is 8.42 Å². The highest BCUT2D eigenvalue weighted by molar-refractivity contribution is 7.92. The third kappa shape index (κ3) is 4.12. The molecule has 0 unspecified atom stereocenters. The van der Waals surface area contributed by atoms with Crippen molar-refractivity contribution in [1.29, 1.82) is 0 Å². The van der Waals surface area contributed by atoms with Gasteiger partial charge in [0.05, 0.1) is 17.1 Å². The predicted molar refractivity (Wildman–Crippen MR) is 81.7 cm³/mol. The Balaban J connectivity index is 1.93. The van der Waals surface area contributed by atoms with Gasteiger partial charge >= 0.3 is 0 Å². The summed E-state index contributed by atoms with van der Waals surface area (Å²) >= 11 is 0. The summed E-state index contributed by atoms with van der Waals surface area (Å²) in [5.41, 5.74) is 7.28. The van der Waals surface area contributed by atoms with Crippen molar-refractivity contribution in [3.63, 3.8) is 0 Å². The molecule has 0 aliphatic rings. The van der Waals surface area contributed by atoms with Crippen LogP contribution in [0.25, 0.3) is 0 Å². The molecular formula is C13H18N4O3S. The second-order valence-corrected chi connectivity index (χ2v) is 6.45. The van der Waals surface area contributed by atoms with Gasteiger partial charge in [-0.15, -0.1) is 0 Å². The van der Waals surface area contributed by atoms with E-state index in [4.69, 9.17) is 10.5 Å². The number of rotatable bonds is 6. The summed E-state index contributed by atoms with van der Waals surface area (Å²) in [6, 6.07) is 6.95. The van der Waals surface area contributed by atoms with Gasteiger partial charge in [0.15, 0.2) is 0 Å². The molecule has 0 bridgehead atoms. The van der Waals surface area contributed by atoms with E-state index in [2.05, 4.69) is 9.82 Å². The third-order valence-corrected chi connectivity index (χ3v) is 4.04. The number of hydrogen-bond donors (Lipinski definition) is 2. The molecule has 0 spiro atoms. The van der Waals surface area contributed by atoms with E-state index in [1.807, 2.05) is 0 Å². The van der Waals surface area contributed by atoms with Gasteiger partial charge in [0.2, 0.25) is 10.0 Å². The van der Waals surface area contributed by atoms with E-state index in [0.717, 1.165) is 0 Å². The average Bonchev–Trinajstić information content (AvgIpc) is 2.69. The Kier molecular flexibility index (Phi) is 4.37. The highest BCUT2D eigenvalue weighted by atomic mass is 32.2. The molecule has 7 nitrogen and oxygen atoms in total. The van der Waals surface area contributed by atoms with E-state index in [0.29, 0.717) is 22.8 Å². The molecule has 0 amide bonds. The number of hydrogen-bond acceptors (Lipinski definition) is 5. The quantitative estimate of drug-likeness (QED) is 0.779. The number of para-hydroxylation sites is 2. The lowest BCUT2D eigenvalue weighted by atomic mass is 10.3. The number of nitrogens with zero attached hydrogens (tertiary/aromatic N) is 2. The Morgan fingerprint density at radius 2 is 2.10 bits per heavy atom. The molecule has 2 aromatic rings. The Labute approximate surface area is 123 Å². The number of nitrogens with two attached hydrogens (primary N) is 1. The number of aryl methyl sites for hydroxylation is 2. The van der Waals surface area contributed by atoms with Gasteiger partial charge in [-0.1, -0.05) is 12.1 Å². The van der Waals surface area contributed by atoms with E-state index in [1.54, 1.807) is 49.1 Å². The number of aromatic nitrogens is 2. The lowest BCUT2D eigenvalue weighted by Gasteiger charge is -2.10. The SMILES string of the molecule is Cc1nn(C)cc1NS(=O)(=O)CCOc1ccccc1N. The first-order valence-electron chi connectivity index (χ1n) is 6.35. The van der Waals surface area contributed by atoms with Gasteiger partial charge in [-0.2, -0.15) is 5.10 Å². The molecule has 3 N–H and O–H groups in total. The van der Waals surface area contributed by atoms with Gasteiger partial charge in [0, 0.05) is 13.2 Å². The number of sulfonamides is 1. The molecule has 0 radical (unpaired) electrons. The minimum absolute atomic E-state index is 0.0167. The van der Waals surface area contributed by atoms with Gasteiger partial charge < -0.3 is 10.5 Å². The summed E-state index contributed by atoms with van der Waals surface area (Å²) in [4.78, 5) is 0. The van der Waals surface area contributed by atoms with Crippen LogP contribution in [0.1, 0.15) is 5.69 Å². The first kappa shape index (κ1) is 15.2. The molecule has 0 fully saturated rings. The van der Waals surface area contributed by atoms with Crippen molar-refractivity contribution in [1.82, 2.24) is 9.78 Å².